The molecule has 29 heavy (non-hydrogen) atoms. The number of rotatable bonds is 12. The Kier molecular flexibility index (Phi) is 9.18. The number of aryl methyl sites for hydroxylation is 2. The van der Waals surface area contributed by atoms with Gasteiger partial charge < -0.3 is 0 Å². The predicted molar refractivity (Wildman–Crippen MR) is 124 cm³/mol. The molecule has 0 bridgehead atoms. The van der Waals surface area contributed by atoms with E-state index in [0.29, 0.717) is 0 Å². The van der Waals surface area contributed by atoms with Gasteiger partial charge in [0.15, 0.2) is 5.82 Å². The quantitative estimate of drug-likeness (QED) is 0.345. The second-order valence-corrected chi connectivity index (χ2v) is 8.98. The molecule has 0 N–H and O–H groups in total. The summed E-state index contributed by atoms with van der Waals surface area (Å²) in [7, 11) is 0. The lowest BCUT2D eigenvalue weighted by Crippen LogP contribution is -2.16. The van der Waals surface area contributed by atoms with Crippen molar-refractivity contribution in [2.75, 3.05) is 0 Å². The molecule has 2 heteroatoms. The molecule has 0 saturated carbocycles. The van der Waals surface area contributed by atoms with Crippen LogP contribution in [0.3, 0.4) is 0 Å². The molecule has 0 radical (unpaired) electrons. The molecule has 0 saturated heterocycles. The molecule has 1 unspecified atom stereocenters. The molecule has 3 rings (SSSR count). The van der Waals surface area contributed by atoms with E-state index in [1.54, 1.807) is 0 Å². The SMILES string of the molecule is CCCCCCCCCCC1CCc2nc(-c3ccc(CCC)cc3)ncc2C1. The highest BCUT2D eigenvalue weighted by Gasteiger charge is 2.20. The monoisotopic (exact) mass is 392 g/mol. The number of benzene rings is 1. The van der Waals surface area contributed by atoms with Crippen LogP contribution in [0, 0.1) is 5.92 Å². The molecule has 158 valence electrons. The maximum atomic E-state index is 4.93. The lowest BCUT2D eigenvalue weighted by atomic mass is 9.84. The van der Waals surface area contributed by atoms with Gasteiger partial charge in [-0.05, 0) is 42.7 Å². The van der Waals surface area contributed by atoms with Gasteiger partial charge in [-0.25, -0.2) is 9.97 Å². The molecule has 1 aromatic heterocycles. The molecule has 1 atom stereocenters. The number of aromatic nitrogens is 2. The zero-order chi connectivity index (χ0) is 20.3. The lowest BCUT2D eigenvalue weighted by molar-refractivity contribution is 0.399. The minimum atomic E-state index is 0.838. The van der Waals surface area contributed by atoms with Crippen LogP contribution in [-0.4, -0.2) is 9.97 Å². The molecule has 1 heterocycles. The fourth-order valence-electron chi connectivity index (χ4n) is 4.64. The number of nitrogens with zero attached hydrogens (tertiary/aromatic N) is 2. The van der Waals surface area contributed by atoms with Crippen LogP contribution in [0.15, 0.2) is 30.5 Å². The van der Waals surface area contributed by atoms with E-state index in [1.165, 1.54) is 93.9 Å². The van der Waals surface area contributed by atoms with Crippen molar-refractivity contribution in [3.05, 3.63) is 47.3 Å². The minimum Gasteiger partial charge on any atom is -0.236 e. The van der Waals surface area contributed by atoms with Crippen LogP contribution in [0.5, 0.6) is 0 Å². The van der Waals surface area contributed by atoms with E-state index < -0.39 is 0 Å². The molecule has 2 nitrogen and oxygen atoms in total. The molecule has 1 aliphatic rings. The third-order valence-corrected chi connectivity index (χ3v) is 6.47. The van der Waals surface area contributed by atoms with Crippen molar-refractivity contribution in [2.45, 2.75) is 104 Å². The first-order chi connectivity index (χ1) is 14.3. The molecular weight excluding hydrogens is 352 g/mol. The number of hydrogen-bond donors (Lipinski definition) is 0. The Hall–Kier alpha value is -1.70. The molecule has 2 aromatic rings. The Morgan fingerprint density at radius 2 is 1.59 bits per heavy atom. The largest absolute Gasteiger partial charge is 0.236 e. The van der Waals surface area contributed by atoms with E-state index in [1.807, 2.05) is 0 Å². The Morgan fingerprint density at radius 3 is 2.31 bits per heavy atom. The first-order valence-electron chi connectivity index (χ1n) is 12.2. The van der Waals surface area contributed by atoms with Gasteiger partial charge in [0.05, 0.1) is 0 Å². The zero-order valence-corrected chi connectivity index (χ0v) is 18.8. The third-order valence-electron chi connectivity index (χ3n) is 6.47. The van der Waals surface area contributed by atoms with Crippen LogP contribution in [0.4, 0.5) is 0 Å². The van der Waals surface area contributed by atoms with Gasteiger partial charge in [0.1, 0.15) is 0 Å². The molecular formula is C27H40N2. The average Bonchev–Trinajstić information content (AvgIpc) is 2.76. The van der Waals surface area contributed by atoms with Gasteiger partial charge in [-0.1, -0.05) is 102 Å². The van der Waals surface area contributed by atoms with Crippen molar-refractivity contribution in [2.24, 2.45) is 5.92 Å². The average molecular weight is 393 g/mol. The summed E-state index contributed by atoms with van der Waals surface area (Å²) in [5, 5.41) is 0. The van der Waals surface area contributed by atoms with Crippen LogP contribution in [0.25, 0.3) is 11.4 Å². The summed E-state index contributed by atoms with van der Waals surface area (Å²) in [6, 6.07) is 8.81. The van der Waals surface area contributed by atoms with Crippen molar-refractivity contribution in [1.29, 1.82) is 0 Å². The summed E-state index contributed by atoms with van der Waals surface area (Å²) in [6.07, 6.45) is 20.7. The molecule has 1 aromatic carbocycles. The Labute approximate surface area is 178 Å². The zero-order valence-electron chi connectivity index (χ0n) is 18.8. The third kappa shape index (κ3) is 6.94. The first kappa shape index (κ1) is 22.0. The summed E-state index contributed by atoms with van der Waals surface area (Å²) in [4.78, 5) is 9.63. The van der Waals surface area contributed by atoms with E-state index >= 15 is 0 Å². The van der Waals surface area contributed by atoms with Crippen LogP contribution < -0.4 is 0 Å². The molecule has 0 fully saturated rings. The standard InChI is InChI=1S/C27H40N2/c1-3-5-6-7-8-9-10-11-13-23-16-19-26-25(20-23)21-28-27(29-26)24-17-14-22(12-4-2)15-18-24/h14-15,17-18,21,23H,3-13,16,19-20H2,1-2H3. The van der Waals surface area contributed by atoms with Crippen molar-refractivity contribution < 1.29 is 0 Å². The fourth-order valence-corrected chi connectivity index (χ4v) is 4.64. The molecule has 1 aliphatic carbocycles. The van der Waals surface area contributed by atoms with Crippen LogP contribution in [0.1, 0.15) is 101 Å². The van der Waals surface area contributed by atoms with Crippen molar-refractivity contribution in [1.82, 2.24) is 9.97 Å². The van der Waals surface area contributed by atoms with Gasteiger partial charge in [0, 0.05) is 17.5 Å². The van der Waals surface area contributed by atoms with Gasteiger partial charge in [-0.15, -0.1) is 0 Å². The normalized spacial score (nSPS) is 16.0. The number of hydrogen-bond acceptors (Lipinski definition) is 2. The smallest absolute Gasteiger partial charge is 0.159 e. The summed E-state index contributed by atoms with van der Waals surface area (Å²) in [5.74, 6) is 1.73. The highest BCUT2D eigenvalue weighted by atomic mass is 14.9. The van der Waals surface area contributed by atoms with E-state index in [9.17, 15) is 0 Å². The molecule has 0 spiro atoms. The Morgan fingerprint density at radius 1 is 0.862 bits per heavy atom. The maximum Gasteiger partial charge on any atom is 0.159 e. The van der Waals surface area contributed by atoms with Gasteiger partial charge in [-0.2, -0.15) is 0 Å². The summed E-state index contributed by atoms with van der Waals surface area (Å²) in [5.41, 5.74) is 5.23. The van der Waals surface area contributed by atoms with Gasteiger partial charge in [0.2, 0.25) is 0 Å². The van der Waals surface area contributed by atoms with Crippen molar-refractivity contribution in [3.63, 3.8) is 0 Å². The Bertz CT molecular complexity index is 720. The van der Waals surface area contributed by atoms with Crippen molar-refractivity contribution in [3.8, 4) is 11.4 Å². The van der Waals surface area contributed by atoms with E-state index in [2.05, 4.69) is 44.3 Å². The molecule has 0 aliphatic heterocycles. The van der Waals surface area contributed by atoms with Gasteiger partial charge in [0.25, 0.3) is 0 Å². The van der Waals surface area contributed by atoms with E-state index in [4.69, 9.17) is 9.97 Å². The maximum absolute atomic E-state index is 4.93. The summed E-state index contributed by atoms with van der Waals surface area (Å²) in [6.45, 7) is 4.52. The summed E-state index contributed by atoms with van der Waals surface area (Å²) < 4.78 is 0. The molecule has 0 amide bonds. The van der Waals surface area contributed by atoms with Crippen LogP contribution in [-0.2, 0) is 19.3 Å². The van der Waals surface area contributed by atoms with Crippen LogP contribution in [0.2, 0.25) is 0 Å². The van der Waals surface area contributed by atoms with Gasteiger partial charge >= 0.3 is 0 Å². The topological polar surface area (TPSA) is 25.8 Å². The summed E-state index contributed by atoms with van der Waals surface area (Å²) >= 11 is 0. The second-order valence-electron chi connectivity index (χ2n) is 8.98. The van der Waals surface area contributed by atoms with E-state index in [-0.39, 0.29) is 0 Å². The van der Waals surface area contributed by atoms with Gasteiger partial charge in [-0.3, -0.25) is 0 Å². The van der Waals surface area contributed by atoms with E-state index in [0.717, 1.165) is 30.1 Å². The highest BCUT2D eigenvalue weighted by molar-refractivity contribution is 5.55. The number of unbranched alkanes of at least 4 members (excludes halogenated alkanes) is 7. The number of fused-ring (bicyclic) bond motifs is 1. The fraction of sp³-hybridized carbons (Fsp3) is 0.630. The van der Waals surface area contributed by atoms with Crippen molar-refractivity contribution >= 4 is 0 Å². The Balaban J connectivity index is 1.44. The lowest BCUT2D eigenvalue weighted by Gasteiger charge is -2.24. The first-order valence-corrected chi connectivity index (χ1v) is 12.2. The van der Waals surface area contributed by atoms with Crippen LogP contribution >= 0.6 is 0 Å². The second kappa shape index (κ2) is 12.1. The highest BCUT2D eigenvalue weighted by Crippen LogP contribution is 2.29. The minimum absolute atomic E-state index is 0.838. The predicted octanol–water partition coefficient (Wildman–Crippen LogP) is 7.73.